The molecule has 0 spiro atoms. The van der Waals surface area contributed by atoms with Crippen molar-refractivity contribution in [2.75, 3.05) is 19.7 Å². The van der Waals surface area contributed by atoms with Gasteiger partial charge in [-0.1, -0.05) is 54.6 Å². The van der Waals surface area contributed by atoms with Crippen LogP contribution in [0.25, 0.3) is 28.1 Å². The Balaban J connectivity index is 1.30. The van der Waals surface area contributed by atoms with E-state index in [-0.39, 0.29) is 0 Å². The van der Waals surface area contributed by atoms with E-state index < -0.39 is 0 Å². The van der Waals surface area contributed by atoms with Gasteiger partial charge in [-0.25, -0.2) is 4.98 Å². The summed E-state index contributed by atoms with van der Waals surface area (Å²) in [5.74, 6) is 2.01. The van der Waals surface area contributed by atoms with Gasteiger partial charge in [0, 0.05) is 30.8 Å². The zero-order chi connectivity index (χ0) is 23.2. The number of para-hydroxylation sites is 2. The van der Waals surface area contributed by atoms with Crippen molar-refractivity contribution in [1.29, 1.82) is 0 Å². The van der Waals surface area contributed by atoms with Crippen molar-refractivity contribution in [3.8, 4) is 22.8 Å². The second-order valence-electron chi connectivity index (χ2n) is 8.84. The molecule has 1 amide bonds. The maximum absolute atomic E-state index is 12.2. The normalized spacial score (nSPS) is 13.5. The average molecular weight is 454 g/mol. The number of nitrogens with zero attached hydrogens (tertiary/aromatic N) is 3. The molecule has 0 saturated carbocycles. The van der Waals surface area contributed by atoms with E-state index in [1.54, 1.807) is 0 Å². The summed E-state index contributed by atoms with van der Waals surface area (Å²) in [6.45, 7) is 2.50. The number of fused-ring (bicyclic) bond motifs is 1. The molecular formula is C29H31N3O2. The van der Waals surface area contributed by atoms with E-state index in [0.717, 1.165) is 79.1 Å². The fraction of sp³-hybridized carbons (Fsp3) is 0.310. The molecule has 5 rings (SSSR count). The second-order valence-corrected chi connectivity index (χ2v) is 8.84. The molecule has 1 fully saturated rings. The van der Waals surface area contributed by atoms with Gasteiger partial charge in [-0.05, 0) is 56.4 Å². The zero-order valence-electron chi connectivity index (χ0n) is 19.5. The molecule has 0 atom stereocenters. The molecular weight excluding hydrogens is 422 g/mol. The topological polar surface area (TPSA) is 47.4 Å². The summed E-state index contributed by atoms with van der Waals surface area (Å²) in [7, 11) is 0. The van der Waals surface area contributed by atoms with Gasteiger partial charge in [0.05, 0.1) is 12.1 Å². The summed E-state index contributed by atoms with van der Waals surface area (Å²) >= 11 is 0. The lowest BCUT2D eigenvalue weighted by atomic mass is 10.2. The quantitative estimate of drug-likeness (QED) is 0.281. The fourth-order valence-corrected chi connectivity index (χ4v) is 4.67. The lowest BCUT2D eigenvalue weighted by Gasteiger charge is -2.14. The number of unbranched alkanes of at least 4 members (excludes halogenated alkanes) is 2. The first-order valence-electron chi connectivity index (χ1n) is 12.3. The lowest BCUT2D eigenvalue weighted by Crippen LogP contribution is -2.27. The lowest BCUT2D eigenvalue weighted by molar-refractivity contribution is -0.130. The Labute approximate surface area is 201 Å². The molecule has 2 heterocycles. The summed E-state index contributed by atoms with van der Waals surface area (Å²) in [6, 6.07) is 26.7. The van der Waals surface area contributed by atoms with Gasteiger partial charge in [0.2, 0.25) is 5.91 Å². The maximum Gasteiger partial charge on any atom is 0.222 e. The van der Waals surface area contributed by atoms with Crippen LogP contribution in [0.1, 0.15) is 38.5 Å². The van der Waals surface area contributed by atoms with Crippen molar-refractivity contribution in [2.24, 2.45) is 0 Å². The minimum atomic E-state index is 0.308. The van der Waals surface area contributed by atoms with Gasteiger partial charge in [-0.2, -0.15) is 0 Å². The minimum absolute atomic E-state index is 0.308. The number of amides is 1. The molecule has 1 aromatic heterocycles. The molecule has 1 aliphatic rings. The first-order chi connectivity index (χ1) is 16.8. The number of carbonyl (C=O) groups excluding carboxylic acids is 1. The molecule has 34 heavy (non-hydrogen) atoms. The fourth-order valence-electron chi connectivity index (χ4n) is 4.67. The van der Waals surface area contributed by atoms with Crippen LogP contribution in [0.3, 0.4) is 0 Å². The van der Waals surface area contributed by atoms with Crippen LogP contribution >= 0.6 is 0 Å². The average Bonchev–Trinajstić information content (AvgIpc) is 3.56. The number of imidazole rings is 1. The number of aromatic nitrogens is 2. The molecule has 0 radical (unpaired) electrons. The van der Waals surface area contributed by atoms with Crippen LogP contribution in [0, 0.1) is 0 Å². The third kappa shape index (κ3) is 4.84. The van der Waals surface area contributed by atoms with Gasteiger partial charge in [0.15, 0.2) is 0 Å². The maximum atomic E-state index is 12.2. The number of rotatable bonds is 9. The Morgan fingerprint density at radius 1 is 0.824 bits per heavy atom. The van der Waals surface area contributed by atoms with E-state index in [2.05, 4.69) is 34.9 Å². The molecule has 1 saturated heterocycles. The van der Waals surface area contributed by atoms with E-state index in [1.165, 1.54) is 0 Å². The molecule has 0 aliphatic carbocycles. The number of ether oxygens (including phenoxy) is 1. The predicted octanol–water partition coefficient (Wildman–Crippen LogP) is 6.25. The van der Waals surface area contributed by atoms with Gasteiger partial charge in [0.1, 0.15) is 17.1 Å². The Kier molecular flexibility index (Phi) is 6.89. The molecule has 174 valence electrons. The second kappa shape index (κ2) is 10.6. The Hall–Kier alpha value is -3.60. The third-order valence-corrected chi connectivity index (χ3v) is 6.45. The van der Waals surface area contributed by atoms with Crippen molar-refractivity contribution in [3.05, 3.63) is 78.9 Å². The molecule has 0 unspecified atom stereocenters. The summed E-state index contributed by atoms with van der Waals surface area (Å²) in [6.07, 6.45) is 5.79. The Morgan fingerprint density at radius 3 is 2.32 bits per heavy atom. The number of benzene rings is 3. The van der Waals surface area contributed by atoms with Crippen LogP contribution in [0.15, 0.2) is 78.9 Å². The molecule has 5 heteroatoms. The van der Waals surface area contributed by atoms with Crippen molar-refractivity contribution in [1.82, 2.24) is 14.5 Å². The molecule has 5 nitrogen and oxygen atoms in total. The van der Waals surface area contributed by atoms with Gasteiger partial charge in [0.25, 0.3) is 0 Å². The van der Waals surface area contributed by atoms with Crippen LogP contribution < -0.4 is 4.74 Å². The van der Waals surface area contributed by atoms with Crippen LogP contribution in [0.2, 0.25) is 0 Å². The highest BCUT2D eigenvalue weighted by atomic mass is 16.5. The zero-order valence-corrected chi connectivity index (χ0v) is 19.5. The smallest absolute Gasteiger partial charge is 0.222 e. The van der Waals surface area contributed by atoms with Crippen LogP contribution in [0.5, 0.6) is 5.75 Å². The van der Waals surface area contributed by atoms with Crippen molar-refractivity contribution >= 4 is 16.9 Å². The van der Waals surface area contributed by atoms with Crippen molar-refractivity contribution in [2.45, 2.75) is 38.5 Å². The first-order valence-corrected chi connectivity index (χ1v) is 12.3. The van der Waals surface area contributed by atoms with Crippen molar-refractivity contribution < 1.29 is 9.53 Å². The van der Waals surface area contributed by atoms with E-state index in [0.29, 0.717) is 18.9 Å². The van der Waals surface area contributed by atoms with Crippen LogP contribution in [-0.4, -0.2) is 40.1 Å². The van der Waals surface area contributed by atoms with Gasteiger partial charge in [-0.15, -0.1) is 0 Å². The van der Waals surface area contributed by atoms with Gasteiger partial charge >= 0.3 is 0 Å². The highest BCUT2D eigenvalue weighted by Gasteiger charge is 2.18. The number of likely N-dealkylation sites (tertiary alicyclic amines) is 1. The molecule has 0 bridgehead atoms. The largest absolute Gasteiger partial charge is 0.491 e. The highest BCUT2D eigenvalue weighted by Crippen LogP contribution is 2.33. The number of carbonyl (C=O) groups is 1. The number of hydrogen-bond acceptors (Lipinski definition) is 3. The monoisotopic (exact) mass is 453 g/mol. The van der Waals surface area contributed by atoms with E-state index in [9.17, 15) is 4.79 Å². The summed E-state index contributed by atoms with van der Waals surface area (Å²) in [4.78, 5) is 19.2. The standard InChI is InChI=1S/C29H31N3O2/c33-27(31-20-9-10-21-31)19-8-3-11-22-34-26-18-12-17-25-28(26)30-29(23-13-4-1-5-14-23)32(25)24-15-6-2-7-16-24/h1-2,4-7,12-18H,3,8-11,19-22H2. The molecule has 1 aliphatic heterocycles. The highest BCUT2D eigenvalue weighted by molar-refractivity contribution is 5.88. The molecule has 4 aromatic rings. The summed E-state index contributed by atoms with van der Waals surface area (Å²) < 4.78 is 8.39. The van der Waals surface area contributed by atoms with Crippen LogP contribution in [-0.2, 0) is 4.79 Å². The molecule has 3 aromatic carbocycles. The molecule has 0 N–H and O–H groups in total. The summed E-state index contributed by atoms with van der Waals surface area (Å²) in [5, 5.41) is 0. The van der Waals surface area contributed by atoms with Crippen LogP contribution in [0.4, 0.5) is 0 Å². The van der Waals surface area contributed by atoms with E-state index in [1.807, 2.05) is 53.4 Å². The Bertz CT molecular complexity index is 1230. The van der Waals surface area contributed by atoms with E-state index >= 15 is 0 Å². The summed E-state index contributed by atoms with van der Waals surface area (Å²) in [5.41, 5.74) is 4.04. The Morgan fingerprint density at radius 2 is 1.56 bits per heavy atom. The minimum Gasteiger partial charge on any atom is -0.491 e. The van der Waals surface area contributed by atoms with Gasteiger partial charge in [-0.3, -0.25) is 9.36 Å². The van der Waals surface area contributed by atoms with Gasteiger partial charge < -0.3 is 9.64 Å². The van der Waals surface area contributed by atoms with Crippen molar-refractivity contribution in [3.63, 3.8) is 0 Å². The first kappa shape index (κ1) is 22.2. The number of hydrogen-bond donors (Lipinski definition) is 0. The predicted molar refractivity (Wildman–Crippen MR) is 136 cm³/mol. The van der Waals surface area contributed by atoms with E-state index in [4.69, 9.17) is 9.72 Å². The SMILES string of the molecule is O=C(CCCCCOc1cccc2c1nc(-c1ccccc1)n2-c1ccccc1)N1CCCC1. The third-order valence-electron chi connectivity index (χ3n) is 6.45.